The average Bonchev–Trinajstić information content (AvgIpc) is 2.47. The Hall–Kier alpha value is -3.02. The zero-order valence-corrected chi connectivity index (χ0v) is 11.8. The van der Waals surface area contributed by atoms with E-state index < -0.39 is 17.6 Å². The summed E-state index contributed by atoms with van der Waals surface area (Å²) in [4.78, 5) is 23.2. The van der Waals surface area contributed by atoms with Gasteiger partial charge in [0.05, 0.1) is 6.21 Å². The molecule has 0 spiro atoms. The van der Waals surface area contributed by atoms with E-state index in [0.717, 1.165) is 5.56 Å². The molecule has 0 aliphatic rings. The van der Waals surface area contributed by atoms with Gasteiger partial charge in [0.25, 0.3) is 0 Å². The summed E-state index contributed by atoms with van der Waals surface area (Å²) < 4.78 is 12.9. The molecule has 0 fully saturated rings. The van der Waals surface area contributed by atoms with Gasteiger partial charge in [-0.3, -0.25) is 9.59 Å². The van der Waals surface area contributed by atoms with Crippen LogP contribution in [0.4, 0.5) is 10.1 Å². The fourth-order valence-electron chi connectivity index (χ4n) is 1.71. The maximum atomic E-state index is 12.9. The van der Waals surface area contributed by atoms with E-state index in [4.69, 9.17) is 0 Å². The van der Waals surface area contributed by atoms with Crippen molar-refractivity contribution in [3.05, 3.63) is 65.5 Å². The first kappa shape index (κ1) is 15.4. The highest BCUT2D eigenvalue weighted by molar-refractivity contribution is 6.39. The van der Waals surface area contributed by atoms with E-state index in [1.807, 2.05) is 13.0 Å². The van der Waals surface area contributed by atoms with Crippen LogP contribution in [0.1, 0.15) is 11.1 Å². The number of hydrogen-bond acceptors (Lipinski definition) is 3. The number of benzene rings is 2. The molecule has 0 saturated carbocycles. The largest absolute Gasteiger partial charge is 0.329 e. The predicted molar refractivity (Wildman–Crippen MR) is 81.9 cm³/mol. The first-order valence-electron chi connectivity index (χ1n) is 6.51. The normalized spacial score (nSPS) is 10.5. The van der Waals surface area contributed by atoms with Crippen molar-refractivity contribution in [3.8, 4) is 0 Å². The number of aryl methyl sites for hydroxylation is 1. The molecule has 2 rings (SSSR count). The van der Waals surface area contributed by atoms with Gasteiger partial charge >= 0.3 is 11.8 Å². The quantitative estimate of drug-likeness (QED) is 0.518. The molecule has 6 heteroatoms. The zero-order chi connectivity index (χ0) is 15.9. The molecule has 2 amide bonds. The number of nitrogens with one attached hydrogen (secondary N) is 2. The smallest absolute Gasteiger partial charge is 0.318 e. The number of hydrazone groups is 1. The Balaban J connectivity index is 1.90. The Bertz CT molecular complexity index is 729. The number of hydrogen-bond donors (Lipinski definition) is 2. The lowest BCUT2D eigenvalue weighted by Gasteiger charge is -2.04. The molecule has 0 aliphatic carbocycles. The van der Waals surface area contributed by atoms with Gasteiger partial charge in [0.15, 0.2) is 0 Å². The summed E-state index contributed by atoms with van der Waals surface area (Å²) in [6.07, 6.45) is 1.25. The Morgan fingerprint density at radius 2 is 1.86 bits per heavy atom. The summed E-state index contributed by atoms with van der Waals surface area (Å²) >= 11 is 0. The molecule has 0 atom stereocenters. The van der Waals surface area contributed by atoms with E-state index in [1.165, 1.54) is 24.4 Å². The predicted octanol–water partition coefficient (Wildman–Crippen LogP) is 2.22. The molecule has 5 nitrogen and oxygen atoms in total. The molecule has 0 unspecified atom stereocenters. The molecule has 112 valence electrons. The number of carbonyl (C=O) groups excluding carboxylic acids is 2. The molecule has 0 aliphatic heterocycles. The fraction of sp³-hybridized carbons (Fsp3) is 0.0625. The number of rotatable bonds is 3. The Kier molecular flexibility index (Phi) is 4.98. The van der Waals surface area contributed by atoms with Crippen LogP contribution in [0.25, 0.3) is 0 Å². The van der Waals surface area contributed by atoms with Crippen molar-refractivity contribution in [1.82, 2.24) is 5.43 Å². The fourth-order valence-corrected chi connectivity index (χ4v) is 1.71. The minimum atomic E-state index is -0.908. The number of amides is 2. The standard InChI is InChI=1S/C16H14FN3O2/c1-11-4-2-7-14(8-11)19-15(21)16(22)20-18-10-12-5-3-6-13(17)9-12/h2-10H,1H3,(H,19,21)(H,20,22)/b18-10+. The number of halogens is 1. The number of carbonyl (C=O) groups is 2. The van der Waals surface area contributed by atoms with Gasteiger partial charge in [0, 0.05) is 5.69 Å². The molecule has 2 aromatic rings. The maximum Gasteiger partial charge on any atom is 0.329 e. The third-order valence-electron chi connectivity index (χ3n) is 2.71. The topological polar surface area (TPSA) is 70.6 Å². The highest BCUT2D eigenvalue weighted by Gasteiger charge is 2.12. The molecule has 0 radical (unpaired) electrons. The van der Waals surface area contributed by atoms with E-state index >= 15 is 0 Å². The molecular weight excluding hydrogens is 285 g/mol. The van der Waals surface area contributed by atoms with E-state index in [2.05, 4.69) is 15.8 Å². The second kappa shape index (κ2) is 7.12. The van der Waals surface area contributed by atoms with E-state index in [1.54, 1.807) is 24.3 Å². The third-order valence-corrected chi connectivity index (χ3v) is 2.71. The van der Waals surface area contributed by atoms with Gasteiger partial charge in [0.2, 0.25) is 0 Å². The monoisotopic (exact) mass is 299 g/mol. The summed E-state index contributed by atoms with van der Waals surface area (Å²) in [6.45, 7) is 1.87. The van der Waals surface area contributed by atoms with Crippen LogP contribution in [-0.2, 0) is 9.59 Å². The molecule has 0 heterocycles. The Morgan fingerprint density at radius 3 is 2.59 bits per heavy atom. The van der Waals surface area contributed by atoms with Crippen LogP contribution in [-0.4, -0.2) is 18.0 Å². The summed E-state index contributed by atoms with van der Waals surface area (Å²) in [5.74, 6) is -2.15. The van der Waals surface area contributed by atoms with Crippen molar-refractivity contribution in [2.75, 3.05) is 5.32 Å². The first-order valence-corrected chi connectivity index (χ1v) is 6.51. The van der Waals surface area contributed by atoms with Gasteiger partial charge in [-0.1, -0.05) is 24.3 Å². The van der Waals surface area contributed by atoms with Crippen LogP contribution >= 0.6 is 0 Å². The molecule has 22 heavy (non-hydrogen) atoms. The molecule has 0 bridgehead atoms. The summed E-state index contributed by atoms with van der Waals surface area (Å²) in [5.41, 5.74) is 4.04. The van der Waals surface area contributed by atoms with Crippen LogP contribution in [0.3, 0.4) is 0 Å². The molecule has 2 aromatic carbocycles. The molecule has 0 saturated heterocycles. The number of nitrogens with zero attached hydrogens (tertiary/aromatic N) is 1. The van der Waals surface area contributed by atoms with Crippen LogP contribution in [0.15, 0.2) is 53.6 Å². The molecule has 0 aromatic heterocycles. The summed E-state index contributed by atoms with van der Waals surface area (Å²) in [7, 11) is 0. The van der Waals surface area contributed by atoms with Crippen LogP contribution in [0.2, 0.25) is 0 Å². The Labute approximate surface area is 126 Å². The Morgan fingerprint density at radius 1 is 1.09 bits per heavy atom. The van der Waals surface area contributed by atoms with Crippen molar-refractivity contribution in [3.63, 3.8) is 0 Å². The van der Waals surface area contributed by atoms with Crippen molar-refractivity contribution < 1.29 is 14.0 Å². The third kappa shape index (κ3) is 4.52. The second-order valence-electron chi connectivity index (χ2n) is 4.58. The lowest BCUT2D eigenvalue weighted by molar-refractivity contribution is -0.136. The highest BCUT2D eigenvalue weighted by Crippen LogP contribution is 2.09. The van der Waals surface area contributed by atoms with Gasteiger partial charge in [-0.25, -0.2) is 9.82 Å². The lowest BCUT2D eigenvalue weighted by atomic mass is 10.2. The van der Waals surface area contributed by atoms with E-state index in [0.29, 0.717) is 11.3 Å². The van der Waals surface area contributed by atoms with Crippen molar-refractivity contribution in [1.29, 1.82) is 0 Å². The summed E-state index contributed by atoms with van der Waals surface area (Å²) in [5, 5.41) is 6.07. The van der Waals surface area contributed by atoms with Gasteiger partial charge < -0.3 is 5.32 Å². The summed E-state index contributed by atoms with van der Waals surface area (Å²) in [6, 6.07) is 12.7. The first-order chi connectivity index (χ1) is 10.5. The molecular formula is C16H14FN3O2. The van der Waals surface area contributed by atoms with Gasteiger partial charge in [-0.05, 0) is 42.3 Å². The van der Waals surface area contributed by atoms with Crippen LogP contribution in [0, 0.1) is 12.7 Å². The van der Waals surface area contributed by atoms with E-state index in [9.17, 15) is 14.0 Å². The van der Waals surface area contributed by atoms with E-state index in [-0.39, 0.29) is 0 Å². The highest BCUT2D eigenvalue weighted by atomic mass is 19.1. The SMILES string of the molecule is Cc1cccc(NC(=O)C(=O)N/N=C/c2cccc(F)c2)c1. The zero-order valence-electron chi connectivity index (χ0n) is 11.8. The van der Waals surface area contributed by atoms with Crippen molar-refractivity contribution in [2.24, 2.45) is 5.10 Å². The average molecular weight is 299 g/mol. The molecule has 2 N–H and O–H groups in total. The lowest BCUT2D eigenvalue weighted by Crippen LogP contribution is -2.32. The van der Waals surface area contributed by atoms with Gasteiger partial charge in [-0.2, -0.15) is 5.10 Å². The minimum Gasteiger partial charge on any atom is -0.318 e. The number of anilines is 1. The minimum absolute atomic E-state index is 0.410. The van der Waals surface area contributed by atoms with Gasteiger partial charge in [-0.15, -0.1) is 0 Å². The van der Waals surface area contributed by atoms with Crippen molar-refractivity contribution >= 4 is 23.7 Å². The second-order valence-corrected chi connectivity index (χ2v) is 4.58. The van der Waals surface area contributed by atoms with Crippen molar-refractivity contribution in [2.45, 2.75) is 6.92 Å². The maximum absolute atomic E-state index is 12.9. The van der Waals surface area contributed by atoms with Crippen LogP contribution in [0.5, 0.6) is 0 Å². The van der Waals surface area contributed by atoms with Crippen LogP contribution < -0.4 is 10.7 Å². The van der Waals surface area contributed by atoms with Gasteiger partial charge in [0.1, 0.15) is 5.82 Å².